The minimum Gasteiger partial charge on any atom is -0.399 e. The van der Waals surface area contributed by atoms with Crippen molar-refractivity contribution in [3.63, 3.8) is 0 Å². The highest BCUT2D eigenvalue weighted by atomic mass is 32.1. The number of thiophene rings is 2. The van der Waals surface area contributed by atoms with E-state index < -0.39 is 11.2 Å². The van der Waals surface area contributed by atoms with E-state index in [-0.39, 0.29) is 25.4 Å². The highest BCUT2D eigenvalue weighted by molar-refractivity contribution is 7.30. The molecule has 0 spiro atoms. The molecule has 2 aliphatic rings. The van der Waals surface area contributed by atoms with E-state index in [1.807, 2.05) is 20.8 Å². The summed E-state index contributed by atoms with van der Waals surface area (Å²) in [5, 5.41) is 0. The second kappa shape index (κ2) is 6.37. The standard InChI is InChI=1S/C20H27B2O4S2/c1-17(2)18(3,4)24-21(23-17)15-11-9-13(27-15)14-10-12-16(28-14)22-25-19(5,6)20(7,8)26-22/h9-12H,1H2,2-8H3/q+1. The molecule has 4 rings (SSSR count). The third-order valence-electron chi connectivity index (χ3n) is 6.26. The first-order chi connectivity index (χ1) is 12.8. The van der Waals surface area contributed by atoms with Gasteiger partial charge in [-0.1, -0.05) is 12.1 Å². The molecular weight excluding hydrogens is 390 g/mol. The van der Waals surface area contributed by atoms with Crippen LogP contribution in [0.4, 0.5) is 0 Å². The largest absolute Gasteiger partial charge is 0.508 e. The van der Waals surface area contributed by atoms with Crippen molar-refractivity contribution in [3.8, 4) is 9.75 Å². The smallest absolute Gasteiger partial charge is 0.399 e. The summed E-state index contributed by atoms with van der Waals surface area (Å²) in [6.07, 6.45) is 0. The molecule has 2 aromatic heterocycles. The summed E-state index contributed by atoms with van der Waals surface area (Å²) >= 11 is 3.40. The Hall–Kier alpha value is -0.760. The van der Waals surface area contributed by atoms with E-state index in [9.17, 15) is 0 Å². The highest BCUT2D eigenvalue weighted by Gasteiger charge is 2.57. The Balaban J connectivity index is 1.52. The molecule has 2 saturated heterocycles. The van der Waals surface area contributed by atoms with Crippen LogP contribution in [0.1, 0.15) is 48.5 Å². The summed E-state index contributed by atoms with van der Waals surface area (Å²) < 4.78 is 26.7. The molecule has 2 aromatic rings. The van der Waals surface area contributed by atoms with Crippen molar-refractivity contribution in [1.29, 1.82) is 0 Å². The fraction of sp³-hybridized carbons (Fsp3) is 0.550. The SMILES string of the molecule is [CH2+]C1(C)OB(c2ccc(-c3ccc(B4OC(C)(C)C(C)(C)O4)s3)s2)OC1(C)C. The van der Waals surface area contributed by atoms with Crippen molar-refractivity contribution in [2.75, 3.05) is 0 Å². The lowest BCUT2D eigenvalue weighted by Crippen LogP contribution is -2.42. The predicted octanol–water partition coefficient (Wildman–Crippen LogP) is 3.89. The van der Waals surface area contributed by atoms with Crippen LogP contribution in [0.15, 0.2) is 24.3 Å². The molecule has 0 bridgehead atoms. The summed E-state index contributed by atoms with van der Waals surface area (Å²) in [7, 11) is -0.698. The van der Waals surface area contributed by atoms with Crippen molar-refractivity contribution in [2.24, 2.45) is 0 Å². The molecule has 2 aliphatic heterocycles. The van der Waals surface area contributed by atoms with E-state index in [2.05, 4.69) is 58.9 Å². The second-order valence-corrected chi connectivity index (χ2v) is 11.5. The maximum atomic E-state index is 6.18. The molecule has 0 saturated carbocycles. The molecule has 0 radical (unpaired) electrons. The monoisotopic (exact) mass is 417 g/mol. The molecule has 1 unspecified atom stereocenters. The van der Waals surface area contributed by atoms with Crippen molar-refractivity contribution < 1.29 is 18.6 Å². The van der Waals surface area contributed by atoms with Crippen LogP contribution in [0.3, 0.4) is 0 Å². The Kier molecular flexibility index (Phi) is 4.66. The highest BCUT2D eigenvalue weighted by Crippen LogP contribution is 2.39. The van der Waals surface area contributed by atoms with Gasteiger partial charge in [0, 0.05) is 26.2 Å². The molecular formula is C20H27B2O4S2+. The van der Waals surface area contributed by atoms with Gasteiger partial charge in [-0.15, -0.1) is 22.7 Å². The van der Waals surface area contributed by atoms with Gasteiger partial charge in [-0.25, -0.2) is 0 Å². The first kappa shape index (κ1) is 20.5. The van der Waals surface area contributed by atoms with Gasteiger partial charge in [-0.3, -0.25) is 0 Å². The van der Waals surface area contributed by atoms with E-state index in [4.69, 9.17) is 18.6 Å². The summed E-state index contributed by atoms with van der Waals surface area (Å²) in [6, 6.07) is 8.43. The Labute approximate surface area is 176 Å². The van der Waals surface area contributed by atoms with Gasteiger partial charge in [0.05, 0.1) is 18.1 Å². The lowest BCUT2D eigenvalue weighted by atomic mass is 9.88. The van der Waals surface area contributed by atoms with E-state index in [0.717, 1.165) is 9.55 Å². The van der Waals surface area contributed by atoms with Gasteiger partial charge in [-0.05, 0) is 53.7 Å². The van der Waals surface area contributed by atoms with E-state index in [0.29, 0.717) is 0 Å². The zero-order valence-electron chi connectivity index (χ0n) is 17.6. The van der Waals surface area contributed by atoms with Crippen LogP contribution in [-0.4, -0.2) is 36.6 Å². The van der Waals surface area contributed by atoms with Crippen LogP contribution in [0.5, 0.6) is 0 Å². The van der Waals surface area contributed by atoms with Crippen LogP contribution >= 0.6 is 22.7 Å². The quantitative estimate of drug-likeness (QED) is 0.561. The minimum atomic E-state index is -0.575. The van der Waals surface area contributed by atoms with Gasteiger partial charge in [0.15, 0.2) is 0 Å². The third-order valence-corrected chi connectivity index (χ3v) is 8.67. The Morgan fingerprint density at radius 1 is 0.643 bits per heavy atom. The summed E-state index contributed by atoms with van der Waals surface area (Å²) in [5.74, 6) is 0. The summed E-state index contributed by atoms with van der Waals surface area (Å²) in [5.41, 5.74) is -1.67. The van der Waals surface area contributed by atoms with Crippen molar-refractivity contribution in [3.05, 3.63) is 31.2 Å². The lowest BCUT2D eigenvalue weighted by Gasteiger charge is -2.32. The van der Waals surface area contributed by atoms with E-state index >= 15 is 0 Å². The molecule has 8 heteroatoms. The molecule has 0 aliphatic carbocycles. The fourth-order valence-electron chi connectivity index (χ4n) is 3.09. The van der Waals surface area contributed by atoms with Crippen molar-refractivity contribution in [1.82, 2.24) is 0 Å². The van der Waals surface area contributed by atoms with Gasteiger partial charge in [0.25, 0.3) is 0 Å². The fourth-order valence-corrected chi connectivity index (χ4v) is 5.12. The van der Waals surface area contributed by atoms with E-state index in [1.54, 1.807) is 22.7 Å². The zero-order valence-corrected chi connectivity index (χ0v) is 19.3. The molecule has 1 atom stereocenters. The van der Waals surface area contributed by atoms with Gasteiger partial charge >= 0.3 is 14.2 Å². The Bertz CT molecular complexity index is 780. The van der Waals surface area contributed by atoms with Gasteiger partial charge in [0.1, 0.15) is 5.60 Å². The maximum Gasteiger partial charge on any atom is 0.508 e. The van der Waals surface area contributed by atoms with Gasteiger partial charge < -0.3 is 18.6 Å². The molecule has 2 fully saturated rings. The van der Waals surface area contributed by atoms with Crippen LogP contribution < -0.4 is 9.55 Å². The first-order valence-electron chi connectivity index (χ1n) is 9.58. The van der Waals surface area contributed by atoms with Crippen molar-refractivity contribution in [2.45, 2.75) is 70.9 Å². The normalized spacial score (nSPS) is 28.2. The van der Waals surface area contributed by atoms with Gasteiger partial charge in [0.2, 0.25) is 5.60 Å². The Morgan fingerprint density at radius 3 is 1.43 bits per heavy atom. The molecule has 0 N–H and O–H groups in total. The molecule has 148 valence electrons. The zero-order chi connectivity index (χ0) is 20.5. The number of hydrogen-bond donors (Lipinski definition) is 0. The molecule has 0 amide bonds. The maximum absolute atomic E-state index is 6.18. The molecule has 4 nitrogen and oxygen atoms in total. The molecule has 28 heavy (non-hydrogen) atoms. The minimum absolute atomic E-state index is 0.322. The Morgan fingerprint density at radius 2 is 1.04 bits per heavy atom. The third kappa shape index (κ3) is 3.28. The van der Waals surface area contributed by atoms with Gasteiger partial charge in [-0.2, -0.15) is 0 Å². The van der Waals surface area contributed by atoms with Crippen LogP contribution in [-0.2, 0) is 18.6 Å². The lowest BCUT2D eigenvalue weighted by molar-refractivity contribution is 0.00578. The predicted molar refractivity (Wildman–Crippen MR) is 119 cm³/mol. The topological polar surface area (TPSA) is 36.9 Å². The molecule has 0 aromatic carbocycles. The molecule has 4 heterocycles. The second-order valence-electron chi connectivity index (χ2n) is 9.30. The van der Waals surface area contributed by atoms with Crippen LogP contribution in [0.25, 0.3) is 9.75 Å². The van der Waals surface area contributed by atoms with Crippen LogP contribution in [0, 0.1) is 6.92 Å². The summed E-state index contributed by atoms with van der Waals surface area (Å²) in [6.45, 7) is 18.5. The number of rotatable bonds is 3. The average Bonchev–Trinajstić information content (AvgIpc) is 3.27. The van der Waals surface area contributed by atoms with Crippen molar-refractivity contribution >= 4 is 46.5 Å². The number of hydrogen-bond acceptors (Lipinski definition) is 6. The average molecular weight is 417 g/mol. The first-order valence-corrected chi connectivity index (χ1v) is 11.2. The summed E-state index contributed by atoms with van der Waals surface area (Å²) in [4.78, 5) is 2.38. The van der Waals surface area contributed by atoms with Crippen LogP contribution in [0.2, 0.25) is 0 Å². The van der Waals surface area contributed by atoms with E-state index in [1.165, 1.54) is 9.75 Å².